The SMILES string of the molecule is Cc1ncsc1-c1ccc(CNC(=O)[C@@H]2C[C@@H](O)CN2C(=O)[C@@H](NC(=O)Cc2ccc(CNC(=O)c3ccc(-c4ccc(N5CCN(C)CC5)c(NC(=O)c5c[nH]c(=O)cc5C(F)(F)F)c4)cc3)cc2)C(C)(C)C)cc1. The van der Waals surface area contributed by atoms with E-state index in [-0.39, 0.29) is 44.1 Å². The van der Waals surface area contributed by atoms with Crippen molar-refractivity contribution in [1.82, 2.24) is 35.7 Å². The minimum atomic E-state index is -4.95. The first-order chi connectivity index (χ1) is 36.1. The summed E-state index contributed by atoms with van der Waals surface area (Å²) < 4.78 is 41.7. The van der Waals surface area contributed by atoms with Crippen molar-refractivity contribution < 1.29 is 42.3 Å². The second kappa shape index (κ2) is 23.1. The first-order valence-corrected chi connectivity index (χ1v) is 25.7. The molecule has 0 bridgehead atoms. The smallest absolute Gasteiger partial charge is 0.391 e. The van der Waals surface area contributed by atoms with Gasteiger partial charge in [0.05, 0.1) is 51.1 Å². The molecule has 0 aliphatic carbocycles. The molecule has 0 radical (unpaired) electrons. The van der Waals surface area contributed by atoms with E-state index >= 15 is 0 Å². The number of pyridine rings is 1. The quantitative estimate of drug-likeness (QED) is 0.0636. The van der Waals surface area contributed by atoms with Crippen LogP contribution in [0.1, 0.15) is 75.9 Å². The number of likely N-dealkylation sites (N-methyl/N-ethyl adjacent to an activating group) is 1. The van der Waals surface area contributed by atoms with Gasteiger partial charge in [-0.3, -0.25) is 28.8 Å². The molecule has 2 fully saturated rings. The van der Waals surface area contributed by atoms with E-state index in [0.29, 0.717) is 47.1 Å². The molecule has 0 unspecified atom stereocenters. The molecule has 16 nitrogen and oxygen atoms in total. The lowest BCUT2D eigenvalue weighted by atomic mass is 9.85. The van der Waals surface area contributed by atoms with Crippen molar-refractivity contribution in [1.29, 1.82) is 0 Å². The molecule has 2 aromatic heterocycles. The Hall–Kier alpha value is -7.68. The number of H-pyrrole nitrogens is 1. The van der Waals surface area contributed by atoms with Crippen molar-refractivity contribution in [3.05, 3.63) is 158 Å². The van der Waals surface area contributed by atoms with Crippen LogP contribution >= 0.6 is 11.3 Å². The Kier molecular flexibility index (Phi) is 16.6. The Balaban J connectivity index is 0.856. The molecule has 398 valence electrons. The molecule has 76 heavy (non-hydrogen) atoms. The second-order valence-corrected chi connectivity index (χ2v) is 21.2. The third-order valence-electron chi connectivity index (χ3n) is 13.6. The van der Waals surface area contributed by atoms with E-state index in [4.69, 9.17) is 0 Å². The van der Waals surface area contributed by atoms with E-state index < -0.39 is 70.1 Å². The minimum Gasteiger partial charge on any atom is -0.391 e. The number of halogens is 3. The first-order valence-electron chi connectivity index (χ1n) is 24.8. The average molecular weight is 1060 g/mol. The highest BCUT2D eigenvalue weighted by Crippen LogP contribution is 2.36. The molecule has 8 rings (SSSR count). The van der Waals surface area contributed by atoms with Crippen LogP contribution in [-0.2, 0) is 40.1 Å². The van der Waals surface area contributed by atoms with Crippen LogP contribution in [0, 0.1) is 12.3 Å². The number of nitrogens with zero attached hydrogens (tertiary/aromatic N) is 4. The van der Waals surface area contributed by atoms with Gasteiger partial charge in [-0.05, 0) is 77.0 Å². The number of benzene rings is 4. The number of anilines is 2. The molecule has 20 heteroatoms. The molecule has 2 aliphatic heterocycles. The van der Waals surface area contributed by atoms with E-state index in [9.17, 15) is 47.0 Å². The van der Waals surface area contributed by atoms with Gasteiger partial charge in [0.2, 0.25) is 23.3 Å². The fourth-order valence-corrected chi connectivity index (χ4v) is 10.1. The Bertz CT molecular complexity index is 3150. The van der Waals surface area contributed by atoms with Crippen LogP contribution in [0.15, 0.2) is 114 Å². The zero-order valence-electron chi connectivity index (χ0n) is 42.7. The maximum Gasteiger partial charge on any atom is 0.417 e. The number of hydrogen-bond acceptors (Lipinski definition) is 11. The molecule has 4 aromatic carbocycles. The number of alkyl halides is 3. The number of rotatable bonds is 15. The monoisotopic (exact) mass is 1060 g/mol. The number of aliphatic hydroxyl groups is 1. The summed E-state index contributed by atoms with van der Waals surface area (Å²) in [7, 11) is 1.98. The fourth-order valence-electron chi connectivity index (χ4n) is 9.27. The lowest BCUT2D eigenvalue weighted by Gasteiger charge is -2.35. The maximum absolute atomic E-state index is 14.2. The van der Waals surface area contributed by atoms with E-state index in [1.54, 1.807) is 77.5 Å². The van der Waals surface area contributed by atoms with Gasteiger partial charge >= 0.3 is 6.18 Å². The standard InChI is InChI=1S/C56H60F3N9O7S/c1-33-49(76-32-63-33)38-12-10-36(11-13-38)29-62-53(74)46-26-41(69)31-68(46)54(75)50(55(2,3)4)65-48(71)24-34-6-8-35(9-7-34)28-61-51(72)39-16-14-37(15-17-39)40-18-19-45(67-22-20-66(5)21-23-67)44(25-40)64-52(73)42-30-60-47(70)27-43(42)56(57,58)59/h6-19,25,27,30,32,41,46,50,69H,20-24,26,28-29,31H2,1-5H3,(H,60,70)(H,61,72)(H,62,74)(H,64,73)(H,65,71)/t41-,46+,50-/m1/s1. The lowest BCUT2D eigenvalue weighted by molar-refractivity contribution is -0.144. The van der Waals surface area contributed by atoms with Crippen LogP contribution in [0.2, 0.25) is 0 Å². The van der Waals surface area contributed by atoms with Gasteiger partial charge in [-0.2, -0.15) is 13.2 Å². The van der Waals surface area contributed by atoms with Crippen molar-refractivity contribution in [2.24, 2.45) is 5.41 Å². The third kappa shape index (κ3) is 13.2. The van der Waals surface area contributed by atoms with Crippen LogP contribution in [0.5, 0.6) is 0 Å². The van der Waals surface area contributed by atoms with Gasteiger partial charge in [0.1, 0.15) is 12.1 Å². The molecule has 0 saturated carbocycles. The van der Waals surface area contributed by atoms with Crippen LogP contribution in [0.3, 0.4) is 0 Å². The van der Waals surface area contributed by atoms with E-state index in [2.05, 4.69) is 36.1 Å². The summed E-state index contributed by atoms with van der Waals surface area (Å²) in [6, 6.07) is 25.3. The van der Waals surface area contributed by atoms with Gasteiger partial charge in [-0.1, -0.05) is 87.5 Å². The number of carbonyl (C=O) groups excluding carboxylic acids is 5. The molecule has 4 heterocycles. The van der Waals surface area contributed by atoms with Gasteiger partial charge in [0.15, 0.2) is 0 Å². The summed E-state index contributed by atoms with van der Waals surface area (Å²) in [5.41, 5.74) is 4.80. The number of aryl methyl sites for hydroxylation is 1. The Morgan fingerprint density at radius 3 is 2.05 bits per heavy atom. The van der Waals surface area contributed by atoms with Gasteiger partial charge in [0, 0.05) is 70.1 Å². The van der Waals surface area contributed by atoms with Crippen LogP contribution in [-0.4, -0.2) is 112 Å². The first kappa shape index (κ1) is 54.6. The normalized spacial score (nSPS) is 16.5. The predicted octanol–water partition coefficient (Wildman–Crippen LogP) is 6.78. The molecule has 6 N–H and O–H groups in total. The fraction of sp³-hybridized carbons (Fsp3) is 0.339. The highest BCUT2D eigenvalue weighted by molar-refractivity contribution is 7.13. The van der Waals surface area contributed by atoms with Crippen molar-refractivity contribution in [2.45, 2.75) is 78.0 Å². The number of aromatic amines is 1. The maximum atomic E-state index is 14.2. The number of aliphatic hydroxyl groups excluding tert-OH is 1. The zero-order valence-corrected chi connectivity index (χ0v) is 43.5. The molecular formula is C56H60F3N9O7S. The minimum absolute atomic E-state index is 0.0484. The average Bonchev–Trinajstić information content (AvgIpc) is 4.01. The number of hydrogen-bond donors (Lipinski definition) is 6. The topological polar surface area (TPSA) is 209 Å². The number of carbonyl (C=O) groups is 5. The number of β-amino-alcohol motifs (C(OH)–C–C–N with tert-alkyl or cyclic N) is 1. The zero-order chi connectivity index (χ0) is 54.5. The summed E-state index contributed by atoms with van der Waals surface area (Å²) in [6.45, 7) is 10.5. The summed E-state index contributed by atoms with van der Waals surface area (Å²) in [4.78, 5) is 92.9. The Morgan fingerprint density at radius 2 is 1.42 bits per heavy atom. The van der Waals surface area contributed by atoms with Crippen LogP contribution in [0.4, 0.5) is 24.5 Å². The van der Waals surface area contributed by atoms with Gasteiger partial charge < -0.3 is 46.1 Å². The Morgan fingerprint density at radius 1 is 0.803 bits per heavy atom. The van der Waals surface area contributed by atoms with Crippen molar-refractivity contribution in [2.75, 3.05) is 50.0 Å². The summed E-state index contributed by atoms with van der Waals surface area (Å²) in [6.07, 6.45) is -5.08. The third-order valence-corrected chi connectivity index (χ3v) is 14.6. The highest BCUT2D eigenvalue weighted by Gasteiger charge is 2.44. The van der Waals surface area contributed by atoms with Gasteiger partial charge in [-0.15, -0.1) is 11.3 Å². The van der Waals surface area contributed by atoms with E-state index in [1.807, 2.05) is 70.0 Å². The molecule has 6 aromatic rings. The number of thiazole rings is 1. The summed E-state index contributed by atoms with van der Waals surface area (Å²) in [5.74, 6) is -2.67. The second-order valence-electron chi connectivity index (χ2n) is 20.3. The lowest BCUT2D eigenvalue weighted by Crippen LogP contribution is -2.58. The number of aromatic nitrogens is 2. The van der Waals surface area contributed by atoms with Crippen LogP contribution < -0.4 is 31.7 Å². The summed E-state index contributed by atoms with van der Waals surface area (Å²) >= 11 is 1.55. The van der Waals surface area contributed by atoms with Crippen molar-refractivity contribution in [3.63, 3.8) is 0 Å². The van der Waals surface area contributed by atoms with Gasteiger partial charge in [0.25, 0.3) is 11.8 Å². The number of nitrogens with one attached hydrogen (secondary N) is 5. The van der Waals surface area contributed by atoms with Crippen molar-refractivity contribution >= 4 is 52.2 Å². The van der Waals surface area contributed by atoms with Crippen molar-refractivity contribution in [3.8, 4) is 21.6 Å². The number of amides is 5. The molecule has 0 spiro atoms. The molecule has 2 saturated heterocycles. The van der Waals surface area contributed by atoms with E-state index in [0.717, 1.165) is 46.5 Å². The predicted molar refractivity (Wildman–Crippen MR) is 285 cm³/mol. The van der Waals surface area contributed by atoms with Gasteiger partial charge in [-0.25, -0.2) is 4.98 Å². The summed E-state index contributed by atoms with van der Waals surface area (Å²) in [5, 5.41) is 22.0. The largest absolute Gasteiger partial charge is 0.417 e. The Labute approximate surface area is 441 Å². The number of likely N-dealkylation sites (tertiary alicyclic amines) is 1. The van der Waals surface area contributed by atoms with E-state index in [1.165, 1.54) is 4.90 Å². The molecule has 5 amide bonds. The number of piperazine rings is 1. The molecule has 2 aliphatic rings. The highest BCUT2D eigenvalue weighted by atomic mass is 32.1. The van der Waals surface area contributed by atoms with Crippen LogP contribution in [0.25, 0.3) is 21.6 Å². The molecular weight excluding hydrogens is 1000 g/mol. The molecule has 3 atom stereocenters.